The predicted octanol–water partition coefficient (Wildman–Crippen LogP) is 4.38. The smallest absolute Gasteiger partial charge is 0.179 e. The van der Waals surface area contributed by atoms with Crippen molar-refractivity contribution in [3.8, 4) is 17.8 Å². The molecule has 33 heavy (non-hydrogen) atoms. The molecule has 156 valence electrons. The largest absolute Gasteiger partial charge is 0.280 e. The van der Waals surface area contributed by atoms with Gasteiger partial charge >= 0.3 is 0 Å². The lowest BCUT2D eigenvalue weighted by Crippen LogP contribution is -2.04. The summed E-state index contributed by atoms with van der Waals surface area (Å²) in [6.45, 7) is 4.07. The molecule has 4 heterocycles. The van der Waals surface area contributed by atoms with Crippen LogP contribution in [0, 0.1) is 29.6 Å². The third-order valence-electron chi connectivity index (χ3n) is 5.92. The lowest BCUT2D eigenvalue weighted by atomic mass is 10.2. The molecule has 6 rings (SSSR count). The summed E-state index contributed by atoms with van der Waals surface area (Å²) in [5, 5.41) is 19.9. The Morgan fingerprint density at radius 1 is 0.818 bits per heavy atom. The van der Waals surface area contributed by atoms with Crippen LogP contribution in [0.4, 0.5) is 0 Å². The molecule has 0 saturated carbocycles. The van der Waals surface area contributed by atoms with E-state index in [1.807, 2.05) is 76.6 Å². The Morgan fingerprint density at radius 3 is 2.30 bits per heavy atom. The van der Waals surface area contributed by atoms with E-state index in [4.69, 9.17) is 9.97 Å². The molecule has 0 aliphatic carbocycles. The molecule has 0 unspecified atom stereocenters. The molecule has 0 spiro atoms. The molecular weight excluding hydrogens is 412 g/mol. The van der Waals surface area contributed by atoms with E-state index in [0.717, 1.165) is 28.1 Å². The van der Waals surface area contributed by atoms with Crippen LogP contribution in [0.15, 0.2) is 48.5 Å². The minimum atomic E-state index is -0.0114. The second-order valence-corrected chi connectivity index (χ2v) is 7.78. The number of benzene rings is 2. The second-order valence-electron chi connectivity index (χ2n) is 7.78. The van der Waals surface area contributed by atoms with E-state index < -0.39 is 0 Å². The normalized spacial score (nSPS) is 11.4. The molecule has 0 aliphatic rings. The van der Waals surface area contributed by atoms with Gasteiger partial charge in [-0.15, -0.1) is 0 Å². The predicted molar refractivity (Wildman–Crippen MR) is 124 cm³/mol. The minimum absolute atomic E-state index is 0.0112. The molecule has 8 heteroatoms. The van der Waals surface area contributed by atoms with Gasteiger partial charge in [0, 0.05) is 6.42 Å². The zero-order chi connectivity index (χ0) is 22.7. The van der Waals surface area contributed by atoms with Crippen LogP contribution in [-0.2, 0) is 6.42 Å². The van der Waals surface area contributed by atoms with E-state index in [-0.39, 0.29) is 11.4 Å². The molecule has 4 aromatic heterocycles. The number of hydrogen-bond acceptors (Lipinski definition) is 6. The Balaban J connectivity index is 1.95. The zero-order valence-electron chi connectivity index (χ0n) is 17.9. The van der Waals surface area contributed by atoms with Crippen LogP contribution in [-0.4, -0.2) is 28.9 Å². The van der Waals surface area contributed by atoms with E-state index in [0.29, 0.717) is 34.3 Å². The SMILES string of the molecule is CCc1nc2c(c3nc(C#N)c(C#N)nc3n2-c2ccccc2C)c2nc3ccccc3n12. The third-order valence-corrected chi connectivity index (χ3v) is 5.92. The number of rotatable bonds is 2. The topological polar surface area (TPSA) is 108 Å². The van der Waals surface area contributed by atoms with E-state index in [1.165, 1.54) is 0 Å². The molecule has 8 nitrogen and oxygen atoms in total. The van der Waals surface area contributed by atoms with Gasteiger partial charge in [0.05, 0.1) is 22.1 Å². The van der Waals surface area contributed by atoms with Gasteiger partial charge in [-0.1, -0.05) is 37.3 Å². The summed E-state index contributed by atoms with van der Waals surface area (Å²) in [6.07, 6.45) is 0.690. The molecular formula is C25H16N8. The van der Waals surface area contributed by atoms with Gasteiger partial charge in [0.15, 0.2) is 28.3 Å². The highest BCUT2D eigenvalue weighted by Crippen LogP contribution is 2.34. The maximum absolute atomic E-state index is 9.61. The van der Waals surface area contributed by atoms with Gasteiger partial charge in [-0.05, 0) is 30.7 Å². The lowest BCUT2D eigenvalue weighted by Gasteiger charge is -2.11. The molecule has 0 fully saturated rings. The molecule has 6 aromatic rings. The molecule has 0 saturated heterocycles. The Hall–Kier alpha value is -4.82. The first kappa shape index (κ1) is 18.9. The highest BCUT2D eigenvalue weighted by atomic mass is 15.2. The van der Waals surface area contributed by atoms with Crippen molar-refractivity contribution in [2.45, 2.75) is 20.3 Å². The van der Waals surface area contributed by atoms with Gasteiger partial charge in [-0.25, -0.2) is 19.9 Å². The Labute approximate surface area is 188 Å². The Kier molecular flexibility index (Phi) is 3.92. The van der Waals surface area contributed by atoms with Gasteiger partial charge in [0.1, 0.15) is 23.5 Å². The maximum Gasteiger partial charge on any atom is 0.179 e. The number of nitrogens with zero attached hydrogens (tertiary/aromatic N) is 8. The van der Waals surface area contributed by atoms with Gasteiger partial charge in [0.25, 0.3) is 0 Å². The molecule has 0 amide bonds. The summed E-state index contributed by atoms with van der Waals surface area (Å²) >= 11 is 0. The monoisotopic (exact) mass is 428 g/mol. The fourth-order valence-electron chi connectivity index (χ4n) is 4.44. The minimum Gasteiger partial charge on any atom is -0.280 e. The van der Waals surface area contributed by atoms with Crippen LogP contribution >= 0.6 is 0 Å². The maximum atomic E-state index is 9.61. The van der Waals surface area contributed by atoms with Crippen LogP contribution < -0.4 is 0 Å². The van der Waals surface area contributed by atoms with E-state index in [9.17, 15) is 10.5 Å². The number of para-hydroxylation sites is 3. The number of aryl methyl sites for hydroxylation is 2. The average Bonchev–Trinajstić information content (AvgIpc) is 3.38. The van der Waals surface area contributed by atoms with Crippen molar-refractivity contribution in [2.75, 3.05) is 0 Å². The highest BCUT2D eigenvalue weighted by Gasteiger charge is 2.25. The Bertz CT molecular complexity index is 1840. The van der Waals surface area contributed by atoms with Crippen molar-refractivity contribution in [3.05, 3.63) is 71.3 Å². The van der Waals surface area contributed by atoms with Crippen LogP contribution in [0.1, 0.15) is 29.7 Å². The van der Waals surface area contributed by atoms with E-state index in [1.54, 1.807) is 0 Å². The quantitative estimate of drug-likeness (QED) is 0.405. The van der Waals surface area contributed by atoms with Crippen molar-refractivity contribution in [3.63, 3.8) is 0 Å². The van der Waals surface area contributed by atoms with Crippen LogP contribution in [0.2, 0.25) is 0 Å². The lowest BCUT2D eigenvalue weighted by molar-refractivity contribution is 0.916. The van der Waals surface area contributed by atoms with Crippen molar-refractivity contribution in [1.29, 1.82) is 10.5 Å². The van der Waals surface area contributed by atoms with Crippen molar-refractivity contribution in [2.24, 2.45) is 0 Å². The summed E-state index contributed by atoms with van der Waals surface area (Å²) < 4.78 is 3.97. The number of imidazole rings is 1. The summed E-state index contributed by atoms with van der Waals surface area (Å²) in [4.78, 5) is 19.1. The molecule has 0 aliphatic heterocycles. The number of aromatic nitrogens is 6. The molecule has 2 aromatic carbocycles. The van der Waals surface area contributed by atoms with Gasteiger partial charge in [-0.2, -0.15) is 10.5 Å². The summed E-state index contributed by atoms with van der Waals surface area (Å²) in [7, 11) is 0. The first-order valence-corrected chi connectivity index (χ1v) is 10.5. The fraction of sp³-hybridized carbons (Fsp3) is 0.120. The van der Waals surface area contributed by atoms with Crippen LogP contribution in [0.5, 0.6) is 0 Å². The highest BCUT2D eigenvalue weighted by molar-refractivity contribution is 6.12. The zero-order valence-corrected chi connectivity index (χ0v) is 17.9. The standard InChI is InChI=1S/C25H16N8/c1-3-20-31-24-21(23-29-15-9-5-7-11-19(15)32(20)23)22-25(30-17(13-27)16(12-26)28-22)33(24)18-10-6-4-8-14(18)2/h4-11H,3H2,1-2H3. The summed E-state index contributed by atoms with van der Waals surface area (Å²) in [5.74, 6) is 0.852. The van der Waals surface area contributed by atoms with Crippen molar-refractivity contribution in [1.82, 2.24) is 28.9 Å². The van der Waals surface area contributed by atoms with Gasteiger partial charge < -0.3 is 0 Å². The second kappa shape index (κ2) is 6.84. The average molecular weight is 428 g/mol. The van der Waals surface area contributed by atoms with Crippen LogP contribution in [0.25, 0.3) is 44.6 Å². The van der Waals surface area contributed by atoms with Gasteiger partial charge in [-0.3, -0.25) is 8.97 Å². The van der Waals surface area contributed by atoms with Crippen molar-refractivity contribution >= 4 is 38.9 Å². The molecule has 0 radical (unpaired) electrons. The summed E-state index contributed by atoms with van der Waals surface area (Å²) in [5.41, 5.74) is 6.02. The first-order chi connectivity index (χ1) is 16.2. The van der Waals surface area contributed by atoms with Crippen LogP contribution in [0.3, 0.4) is 0 Å². The Morgan fingerprint density at radius 2 is 1.55 bits per heavy atom. The summed E-state index contributed by atoms with van der Waals surface area (Å²) in [6, 6.07) is 19.8. The molecule has 0 N–H and O–H groups in total. The molecule has 0 atom stereocenters. The van der Waals surface area contributed by atoms with Crippen molar-refractivity contribution < 1.29 is 0 Å². The first-order valence-electron chi connectivity index (χ1n) is 10.5. The fourth-order valence-corrected chi connectivity index (χ4v) is 4.44. The third kappa shape index (κ3) is 2.49. The number of hydrogen-bond donors (Lipinski definition) is 0. The van der Waals surface area contributed by atoms with E-state index >= 15 is 0 Å². The van der Waals surface area contributed by atoms with Gasteiger partial charge in [0.2, 0.25) is 0 Å². The number of fused-ring (bicyclic) bond motifs is 7. The number of nitriles is 2. The molecule has 0 bridgehead atoms. The van der Waals surface area contributed by atoms with E-state index in [2.05, 4.69) is 16.9 Å².